The number of hydrogen-bond acceptors (Lipinski definition) is 3. The van der Waals surface area contributed by atoms with Crippen molar-refractivity contribution in [2.45, 2.75) is 40.5 Å². The SMILES string of the molecule is CC1CC(C)CN(CP(=O)(O)CN2CC(C)CC(C)C2)C1. The van der Waals surface area contributed by atoms with Gasteiger partial charge in [0.1, 0.15) is 0 Å². The van der Waals surface area contributed by atoms with Gasteiger partial charge < -0.3 is 4.89 Å². The quantitative estimate of drug-likeness (QED) is 0.809. The van der Waals surface area contributed by atoms with Gasteiger partial charge in [0.25, 0.3) is 0 Å². The Morgan fingerprint density at radius 2 is 1.10 bits per heavy atom. The third-order valence-corrected chi connectivity index (χ3v) is 6.41. The molecular weight excluding hydrogens is 283 g/mol. The molecule has 0 aromatic carbocycles. The van der Waals surface area contributed by atoms with Gasteiger partial charge in [-0.15, -0.1) is 0 Å². The Morgan fingerprint density at radius 1 is 0.810 bits per heavy atom. The molecule has 2 aliphatic heterocycles. The molecule has 2 heterocycles. The summed E-state index contributed by atoms with van der Waals surface area (Å²) in [5, 5.41) is 0. The van der Waals surface area contributed by atoms with Crippen molar-refractivity contribution < 1.29 is 9.46 Å². The van der Waals surface area contributed by atoms with Crippen LogP contribution >= 0.6 is 7.37 Å². The maximum atomic E-state index is 12.6. The summed E-state index contributed by atoms with van der Waals surface area (Å²) >= 11 is 0. The molecule has 5 heteroatoms. The lowest BCUT2D eigenvalue weighted by Crippen LogP contribution is -2.42. The molecule has 0 radical (unpaired) electrons. The fourth-order valence-electron chi connectivity index (χ4n) is 4.48. The fourth-order valence-corrected chi connectivity index (χ4v) is 6.29. The van der Waals surface area contributed by atoms with Crippen molar-refractivity contribution in [3.05, 3.63) is 0 Å². The van der Waals surface area contributed by atoms with Crippen LogP contribution in [0.25, 0.3) is 0 Å². The minimum atomic E-state index is -3.08. The zero-order valence-corrected chi connectivity index (χ0v) is 15.1. The van der Waals surface area contributed by atoms with E-state index in [0.29, 0.717) is 36.2 Å². The lowest BCUT2D eigenvalue weighted by atomic mass is 9.92. The van der Waals surface area contributed by atoms with Gasteiger partial charge >= 0.3 is 0 Å². The molecule has 2 saturated heterocycles. The molecule has 21 heavy (non-hydrogen) atoms. The van der Waals surface area contributed by atoms with Gasteiger partial charge in [-0.05, 0) is 36.5 Å². The third-order valence-electron chi connectivity index (χ3n) is 4.73. The second kappa shape index (κ2) is 7.12. The van der Waals surface area contributed by atoms with Crippen molar-refractivity contribution in [1.29, 1.82) is 0 Å². The summed E-state index contributed by atoms with van der Waals surface area (Å²) in [6.45, 7) is 12.9. The Morgan fingerprint density at radius 3 is 1.38 bits per heavy atom. The molecular formula is C16H33N2O2P. The lowest BCUT2D eigenvalue weighted by molar-refractivity contribution is 0.146. The van der Waals surface area contributed by atoms with Crippen LogP contribution in [-0.4, -0.2) is 53.4 Å². The molecule has 0 spiro atoms. The van der Waals surface area contributed by atoms with E-state index in [9.17, 15) is 9.46 Å². The highest BCUT2D eigenvalue weighted by atomic mass is 31.2. The van der Waals surface area contributed by atoms with Crippen molar-refractivity contribution in [3.63, 3.8) is 0 Å². The second-order valence-electron chi connectivity index (χ2n) is 8.09. The Hall–Kier alpha value is 0.110. The van der Waals surface area contributed by atoms with Crippen LogP contribution in [0.5, 0.6) is 0 Å². The van der Waals surface area contributed by atoms with E-state index in [1.54, 1.807) is 0 Å². The first-order chi connectivity index (χ1) is 9.73. The average molecular weight is 316 g/mol. The number of hydrogen-bond donors (Lipinski definition) is 1. The van der Waals surface area contributed by atoms with Crippen LogP contribution in [0, 0.1) is 23.7 Å². The van der Waals surface area contributed by atoms with E-state index in [2.05, 4.69) is 37.5 Å². The fraction of sp³-hybridized carbons (Fsp3) is 1.00. The molecule has 0 bridgehead atoms. The van der Waals surface area contributed by atoms with E-state index < -0.39 is 7.37 Å². The Bertz CT molecular complexity index is 338. The van der Waals surface area contributed by atoms with E-state index in [4.69, 9.17) is 0 Å². The molecule has 2 aliphatic rings. The molecule has 4 unspecified atom stereocenters. The summed E-state index contributed by atoms with van der Waals surface area (Å²) in [4.78, 5) is 14.9. The van der Waals surface area contributed by atoms with Crippen LogP contribution in [0.15, 0.2) is 0 Å². The van der Waals surface area contributed by atoms with Crippen LogP contribution in [0.1, 0.15) is 40.5 Å². The van der Waals surface area contributed by atoms with Gasteiger partial charge in [0.05, 0.1) is 12.6 Å². The molecule has 4 atom stereocenters. The van der Waals surface area contributed by atoms with E-state index in [1.165, 1.54) is 12.8 Å². The first kappa shape index (κ1) is 17.5. The second-order valence-corrected chi connectivity index (χ2v) is 10.4. The average Bonchev–Trinajstić information content (AvgIpc) is 2.23. The smallest absolute Gasteiger partial charge is 0.227 e. The molecule has 0 aromatic heterocycles. The van der Waals surface area contributed by atoms with Crippen molar-refractivity contribution in [1.82, 2.24) is 9.80 Å². The Kier molecular flexibility index (Phi) is 5.92. The van der Waals surface area contributed by atoms with Crippen molar-refractivity contribution in [3.8, 4) is 0 Å². The van der Waals surface area contributed by atoms with Gasteiger partial charge in [0.15, 0.2) is 0 Å². The molecule has 4 nitrogen and oxygen atoms in total. The van der Waals surface area contributed by atoms with E-state index in [1.807, 2.05) is 0 Å². The first-order valence-electron chi connectivity index (χ1n) is 8.49. The predicted octanol–water partition coefficient (Wildman–Crippen LogP) is 3.13. The summed E-state index contributed by atoms with van der Waals surface area (Å²) in [5.74, 6) is 2.57. The monoisotopic (exact) mass is 316 g/mol. The van der Waals surface area contributed by atoms with Gasteiger partial charge in [-0.2, -0.15) is 0 Å². The topological polar surface area (TPSA) is 43.8 Å². The van der Waals surface area contributed by atoms with Crippen LogP contribution in [-0.2, 0) is 4.57 Å². The number of rotatable bonds is 4. The van der Waals surface area contributed by atoms with Crippen LogP contribution in [0.3, 0.4) is 0 Å². The van der Waals surface area contributed by atoms with Gasteiger partial charge in [0, 0.05) is 26.2 Å². The predicted molar refractivity (Wildman–Crippen MR) is 88.6 cm³/mol. The number of piperidine rings is 2. The molecule has 0 saturated carbocycles. The maximum absolute atomic E-state index is 12.6. The van der Waals surface area contributed by atoms with Crippen LogP contribution in [0.4, 0.5) is 0 Å². The minimum Gasteiger partial charge on any atom is -0.343 e. The van der Waals surface area contributed by atoms with E-state index >= 15 is 0 Å². The van der Waals surface area contributed by atoms with Crippen LogP contribution in [0.2, 0.25) is 0 Å². The number of likely N-dealkylation sites (tertiary alicyclic amines) is 2. The first-order valence-corrected chi connectivity index (χ1v) is 10.5. The highest BCUT2D eigenvalue weighted by Gasteiger charge is 2.32. The van der Waals surface area contributed by atoms with Crippen LogP contribution < -0.4 is 0 Å². The minimum absolute atomic E-state index is 0.376. The third kappa shape index (κ3) is 5.67. The summed E-state index contributed by atoms with van der Waals surface area (Å²) in [6.07, 6.45) is 3.24. The normalized spacial score (nSPS) is 39.1. The largest absolute Gasteiger partial charge is 0.343 e. The van der Waals surface area contributed by atoms with Gasteiger partial charge in [-0.3, -0.25) is 14.4 Å². The Balaban J connectivity index is 1.87. The molecule has 2 rings (SSSR count). The zero-order chi connectivity index (χ0) is 15.6. The zero-order valence-electron chi connectivity index (χ0n) is 14.2. The molecule has 0 aliphatic carbocycles. The molecule has 0 aromatic rings. The van der Waals surface area contributed by atoms with Gasteiger partial charge in [0.2, 0.25) is 7.37 Å². The standard InChI is InChI=1S/C16H33N2O2P/c1-13-5-14(2)8-17(7-13)11-21(19,20)12-18-9-15(3)6-16(4)10-18/h13-16H,5-12H2,1-4H3,(H,19,20). The van der Waals surface area contributed by atoms with Crippen molar-refractivity contribution in [2.75, 3.05) is 38.8 Å². The summed E-state index contributed by atoms with van der Waals surface area (Å²) < 4.78 is 12.6. The molecule has 1 N–H and O–H groups in total. The molecule has 0 amide bonds. The Labute approximate surface area is 130 Å². The highest BCUT2D eigenvalue weighted by Crippen LogP contribution is 2.44. The number of nitrogens with zero attached hydrogens (tertiary/aromatic N) is 2. The summed E-state index contributed by atoms with van der Waals surface area (Å²) in [7, 11) is -3.08. The van der Waals surface area contributed by atoms with Gasteiger partial charge in [-0.1, -0.05) is 27.7 Å². The lowest BCUT2D eigenvalue weighted by Gasteiger charge is -2.38. The van der Waals surface area contributed by atoms with Crippen molar-refractivity contribution in [2.24, 2.45) is 23.7 Å². The summed E-state index contributed by atoms with van der Waals surface area (Å²) in [6, 6.07) is 0. The molecule has 124 valence electrons. The molecule has 2 fully saturated rings. The van der Waals surface area contributed by atoms with Gasteiger partial charge in [-0.25, -0.2) is 0 Å². The maximum Gasteiger partial charge on any atom is 0.227 e. The van der Waals surface area contributed by atoms with E-state index in [0.717, 1.165) is 26.2 Å². The van der Waals surface area contributed by atoms with E-state index in [-0.39, 0.29) is 0 Å². The summed E-state index contributed by atoms with van der Waals surface area (Å²) in [5.41, 5.74) is 0. The highest BCUT2D eigenvalue weighted by molar-refractivity contribution is 7.57. The van der Waals surface area contributed by atoms with Crippen molar-refractivity contribution >= 4 is 7.37 Å².